The SMILES string of the molecule is C=CO.CC(F)(F)Cc1ccccc1CCCCCC=O. The van der Waals surface area contributed by atoms with Crippen molar-refractivity contribution < 1.29 is 18.7 Å². The van der Waals surface area contributed by atoms with Crippen molar-refractivity contribution >= 4 is 6.29 Å². The number of benzene rings is 1. The van der Waals surface area contributed by atoms with Gasteiger partial charge in [0.1, 0.15) is 6.29 Å². The standard InChI is InChI=1S/C15H20F2O.C2H4O/c1-15(16,17)12-14-10-6-5-9-13(14)8-4-2-3-7-11-18;1-2-3/h5-6,9-11H,2-4,7-8,12H2,1H3;2-3H,1H2. The predicted octanol–water partition coefficient (Wildman–Crippen LogP) is 4.87. The van der Waals surface area contributed by atoms with E-state index in [0.29, 0.717) is 6.42 Å². The summed E-state index contributed by atoms with van der Waals surface area (Å²) >= 11 is 0. The van der Waals surface area contributed by atoms with Gasteiger partial charge in [-0.05, 0) is 37.3 Å². The molecule has 0 heterocycles. The van der Waals surface area contributed by atoms with E-state index in [9.17, 15) is 13.6 Å². The van der Waals surface area contributed by atoms with Gasteiger partial charge in [-0.1, -0.05) is 37.3 Å². The Morgan fingerprint density at radius 2 is 1.76 bits per heavy atom. The Bertz CT molecular complexity index is 411. The van der Waals surface area contributed by atoms with Gasteiger partial charge in [0.05, 0.1) is 6.26 Å². The molecule has 0 amide bonds. The lowest BCUT2D eigenvalue weighted by Crippen LogP contribution is -2.14. The zero-order chi connectivity index (χ0) is 16.1. The molecule has 0 saturated carbocycles. The fourth-order valence-electron chi connectivity index (χ4n) is 2.03. The highest BCUT2D eigenvalue weighted by Gasteiger charge is 2.22. The van der Waals surface area contributed by atoms with Crippen LogP contribution in [0.4, 0.5) is 8.78 Å². The van der Waals surface area contributed by atoms with Gasteiger partial charge in [0.15, 0.2) is 0 Å². The van der Waals surface area contributed by atoms with E-state index in [-0.39, 0.29) is 6.42 Å². The molecule has 2 nitrogen and oxygen atoms in total. The molecule has 1 N–H and O–H groups in total. The largest absolute Gasteiger partial charge is 0.516 e. The summed E-state index contributed by atoms with van der Waals surface area (Å²) in [5.41, 5.74) is 1.74. The summed E-state index contributed by atoms with van der Waals surface area (Å²) in [5.74, 6) is -2.66. The van der Waals surface area contributed by atoms with Crippen molar-refractivity contribution in [1.82, 2.24) is 0 Å². The Kier molecular flexibility index (Phi) is 10.1. The number of alkyl halides is 2. The number of carbonyl (C=O) groups excluding carboxylic acids is 1. The van der Waals surface area contributed by atoms with E-state index >= 15 is 0 Å². The van der Waals surface area contributed by atoms with E-state index in [2.05, 4.69) is 6.58 Å². The third-order valence-corrected chi connectivity index (χ3v) is 2.89. The summed E-state index contributed by atoms with van der Waals surface area (Å²) in [5, 5.41) is 7.33. The number of aryl methyl sites for hydroxylation is 1. The summed E-state index contributed by atoms with van der Waals surface area (Å²) in [6.07, 6.45) is 5.67. The van der Waals surface area contributed by atoms with Gasteiger partial charge in [0.25, 0.3) is 0 Å². The molecule has 0 aromatic heterocycles. The first-order chi connectivity index (χ1) is 9.94. The van der Waals surface area contributed by atoms with Gasteiger partial charge in [0, 0.05) is 12.8 Å². The van der Waals surface area contributed by atoms with Crippen LogP contribution in [0.3, 0.4) is 0 Å². The number of unbranched alkanes of at least 4 members (excludes halogenated alkanes) is 3. The third kappa shape index (κ3) is 10.7. The lowest BCUT2D eigenvalue weighted by Gasteiger charge is -2.14. The maximum Gasteiger partial charge on any atom is 0.249 e. The van der Waals surface area contributed by atoms with Crippen LogP contribution in [0.15, 0.2) is 37.1 Å². The lowest BCUT2D eigenvalue weighted by molar-refractivity contribution is -0.107. The minimum absolute atomic E-state index is 0.197. The third-order valence-electron chi connectivity index (χ3n) is 2.89. The highest BCUT2D eigenvalue weighted by atomic mass is 19.3. The predicted molar refractivity (Wildman–Crippen MR) is 81.8 cm³/mol. The van der Waals surface area contributed by atoms with E-state index in [1.807, 2.05) is 12.1 Å². The van der Waals surface area contributed by atoms with Crippen LogP contribution in [0.2, 0.25) is 0 Å². The zero-order valence-electron chi connectivity index (χ0n) is 12.5. The van der Waals surface area contributed by atoms with Crippen LogP contribution in [0.25, 0.3) is 0 Å². The molecule has 1 aromatic rings. The summed E-state index contributed by atoms with van der Waals surface area (Å²) in [7, 11) is 0. The van der Waals surface area contributed by atoms with E-state index in [4.69, 9.17) is 5.11 Å². The van der Waals surface area contributed by atoms with Gasteiger partial charge in [0.2, 0.25) is 5.92 Å². The lowest BCUT2D eigenvalue weighted by atomic mass is 9.97. The second-order valence-electron chi connectivity index (χ2n) is 4.96. The van der Waals surface area contributed by atoms with E-state index in [0.717, 1.165) is 56.3 Å². The minimum Gasteiger partial charge on any atom is -0.516 e. The highest BCUT2D eigenvalue weighted by molar-refractivity contribution is 5.48. The van der Waals surface area contributed by atoms with E-state index in [1.54, 1.807) is 12.1 Å². The summed E-state index contributed by atoms with van der Waals surface area (Å²) in [6, 6.07) is 7.38. The average Bonchev–Trinajstić information content (AvgIpc) is 2.39. The number of rotatable bonds is 8. The molecule has 1 rings (SSSR count). The van der Waals surface area contributed by atoms with Crippen LogP contribution in [0.1, 0.15) is 43.7 Å². The molecule has 0 atom stereocenters. The van der Waals surface area contributed by atoms with Crippen LogP contribution in [0, 0.1) is 0 Å². The fraction of sp³-hybridized carbons (Fsp3) is 0.471. The second-order valence-corrected chi connectivity index (χ2v) is 4.96. The molecule has 0 aliphatic rings. The number of hydrogen-bond acceptors (Lipinski definition) is 2. The van der Waals surface area contributed by atoms with Gasteiger partial charge < -0.3 is 9.90 Å². The van der Waals surface area contributed by atoms with Crippen LogP contribution < -0.4 is 0 Å². The Morgan fingerprint density at radius 1 is 1.19 bits per heavy atom. The van der Waals surface area contributed by atoms with Crippen molar-refractivity contribution in [1.29, 1.82) is 0 Å². The first-order valence-electron chi connectivity index (χ1n) is 7.08. The van der Waals surface area contributed by atoms with Crippen molar-refractivity contribution in [3.8, 4) is 0 Å². The zero-order valence-corrected chi connectivity index (χ0v) is 12.5. The van der Waals surface area contributed by atoms with Gasteiger partial charge in [-0.2, -0.15) is 0 Å². The van der Waals surface area contributed by atoms with Crippen molar-refractivity contribution in [2.24, 2.45) is 0 Å². The molecule has 118 valence electrons. The molecule has 0 radical (unpaired) electrons. The molecular formula is C17H24F2O2. The molecule has 1 aromatic carbocycles. The smallest absolute Gasteiger partial charge is 0.249 e. The maximum atomic E-state index is 13.0. The van der Waals surface area contributed by atoms with Crippen LogP contribution >= 0.6 is 0 Å². The molecule has 0 aliphatic carbocycles. The molecular weight excluding hydrogens is 274 g/mol. The first-order valence-corrected chi connectivity index (χ1v) is 7.08. The molecule has 0 aliphatic heterocycles. The van der Waals surface area contributed by atoms with Crippen LogP contribution in [-0.2, 0) is 17.6 Å². The van der Waals surface area contributed by atoms with Crippen LogP contribution in [0.5, 0.6) is 0 Å². The molecule has 0 fully saturated rings. The Balaban J connectivity index is 0.00000122. The van der Waals surface area contributed by atoms with Gasteiger partial charge in [-0.25, -0.2) is 8.78 Å². The number of hydrogen-bond donors (Lipinski definition) is 1. The normalized spacial score (nSPS) is 10.4. The van der Waals surface area contributed by atoms with E-state index < -0.39 is 5.92 Å². The quantitative estimate of drug-likeness (QED) is 0.422. The molecule has 4 heteroatoms. The Labute approximate surface area is 125 Å². The average molecular weight is 298 g/mol. The molecule has 0 spiro atoms. The van der Waals surface area contributed by atoms with Crippen LogP contribution in [-0.4, -0.2) is 17.3 Å². The fourth-order valence-corrected chi connectivity index (χ4v) is 2.03. The number of carbonyl (C=O) groups is 1. The number of aliphatic hydroxyl groups excluding tert-OH is 1. The van der Waals surface area contributed by atoms with Crippen molar-refractivity contribution in [3.63, 3.8) is 0 Å². The maximum absolute atomic E-state index is 13.0. The van der Waals surface area contributed by atoms with Gasteiger partial charge in [-0.15, -0.1) is 0 Å². The Morgan fingerprint density at radius 3 is 2.29 bits per heavy atom. The van der Waals surface area contributed by atoms with Crippen molar-refractivity contribution in [2.45, 2.75) is 51.4 Å². The molecule has 0 bridgehead atoms. The molecule has 21 heavy (non-hydrogen) atoms. The molecule has 0 unspecified atom stereocenters. The Hall–Kier alpha value is -1.71. The number of aldehydes is 1. The monoisotopic (exact) mass is 298 g/mol. The summed E-state index contributed by atoms with van der Waals surface area (Å²) in [4.78, 5) is 10.2. The minimum atomic E-state index is -2.66. The highest BCUT2D eigenvalue weighted by Crippen LogP contribution is 2.22. The summed E-state index contributed by atoms with van der Waals surface area (Å²) < 4.78 is 26.1. The van der Waals surface area contributed by atoms with Crippen molar-refractivity contribution in [3.05, 3.63) is 48.2 Å². The van der Waals surface area contributed by atoms with Gasteiger partial charge >= 0.3 is 0 Å². The van der Waals surface area contributed by atoms with E-state index in [1.165, 1.54) is 0 Å². The topological polar surface area (TPSA) is 37.3 Å². The first kappa shape index (κ1) is 19.3. The summed E-state index contributed by atoms with van der Waals surface area (Å²) in [6.45, 7) is 3.87. The molecule has 0 saturated heterocycles. The second kappa shape index (κ2) is 11.0. The number of aliphatic hydroxyl groups is 1. The van der Waals surface area contributed by atoms with Crippen molar-refractivity contribution in [2.75, 3.05) is 0 Å². The van der Waals surface area contributed by atoms with Gasteiger partial charge in [-0.3, -0.25) is 0 Å². The number of halogens is 2.